The minimum absolute atomic E-state index is 0.388. The molecule has 0 aliphatic heterocycles. The Labute approximate surface area is 96.0 Å². The molecular formula is C12H18N2O2. The Morgan fingerprint density at radius 2 is 2.00 bits per heavy atom. The molecule has 0 radical (unpaired) electrons. The van der Waals surface area contributed by atoms with Gasteiger partial charge in [0, 0.05) is 12.2 Å². The fourth-order valence-corrected chi connectivity index (χ4v) is 1.19. The summed E-state index contributed by atoms with van der Waals surface area (Å²) in [6, 6.07) is 9.25. The van der Waals surface area contributed by atoms with E-state index in [0.29, 0.717) is 13.2 Å². The quantitative estimate of drug-likeness (QED) is 0.726. The number of para-hydroxylation sites is 1. The Morgan fingerprint density at radius 1 is 1.25 bits per heavy atom. The first-order chi connectivity index (χ1) is 7.83. The molecule has 1 aromatic rings. The van der Waals surface area contributed by atoms with Gasteiger partial charge >= 0.3 is 6.09 Å². The first kappa shape index (κ1) is 12.5. The summed E-state index contributed by atoms with van der Waals surface area (Å²) in [5.74, 6) is 0. The van der Waals surface area contributed by atoms with E-state index in [1.54, 1.807) is 0 Å². The number of benzene rings is 1. The minimum atomic E-state index is -0.413. The number of rotatable bonds is 6. The van der Waals surface area contributed by atoms with E-state index in [2.05, 4.69) is 17.6 Å². The second kappa shape index (κ2) is 7.70. The number of hydrogen-bond donors (Lipinski definition) is 2. The zero-order valence-corrected chi connectivity index (χ0v) is 9.53. The van der Waals surface area contributed by atoms with Crippen molar-refractivity contribution in [2.75, 3.05) is 25.0 Å². The lowest BCUT2D eigenvalue weighted by Gasteiger charge is -2.07. The van der Waals surface area contributed by atoms with E-state index in [4.69, 9.17) is 4.74 Å². The summed E-state index contributed by atoms with van der Waals surface area (Å²) in [5.41, 5.74) is 0.744. The van der Waals surface area contributed by atoms with Gasteiger partial charge in [-0.15, -0.1) is 0 Å². The van der Waals surface area contributed by atoms with Crippen molar-refractivity contribution in [3.05, 3.63) is 30.3 Å². The molecular weight excluding hydrogens is 204 g/mol. The zero-order chi connectivity index (χ0) is 11.6. The Balaban J connectivity index is 2.12. The molecule has 16 heavy (non-hydrogen) atoms. The van der Waals surface area contributed by atoms with Crippen LogP contribution in [-0.4, -0.2) is 25.8 Å². The maximum Gasteiger partial charge on any atom is 0.411 e. The highest BCUT2D eigenvalue weighted by Gasteiger charge is 2.01. The molecule has 0 spiro atoms. The monoisotopic (exact) mass is 222 g/mol. The summed E-state index contributed by atoms with van der Waals surface area (Å²) >= 11 is 0. The van der Waals surface area contributed by atoms with Crippen LogP contribution in [0.3, 0.4) is 0 Å². The number of nitrogens with one attached hydrogen (secondary N) is 2. The number of anilines is 1. The second-order valence-corrected chi connectivity index (χ2v) is 3.38. The average molecular weight is 222 g/mol. The molecule has 0 saturated carbocycles. The predicted molar refractivity (Wildman–Crippen MR) is 64.6 cm³/mol. The van der Waals surface area contributed by atoms with Crippen molar-refractivity contribution in [3.63, 3.8) is 0 Å². The third kappa shape index (κ3) is 5.36. The largest absolute Gasteiger partial charge is 0.448 e. The van der Waals surface area contributed by atoms with Crippen LogP contribution in [0.1, 0.15) is 13.3 Å². The molecule has 0 fully saturated rings. The molecule has 88 valence electrons. The van der Waals surface area contributed by atoms with E-state index in [1.807, 2.05) is 30.3 Å². The van der Waals surface area contributed by atoms with E-state index in [-0.39, 0.29) is 0 Å². The summed E-state index contributed by atoms with van der Waals surface area (Å²) in [4.78, 5) is 11.3. The van der Waals surface area contributed by atoms with Crippen LogP contribution in [0.4, 0.5) is 10.5 Å². The van der Waals surface area contributed by atoms with Crippen molar-refractivity contribution >= 4 is 11.8 Å². The number of hydrogen-bond acceptors (Lipinski definition) is 3. The molecule has 1 amide bonds. The topological polar surface area (TPSA) is 50.4 Å². The average Bonchev–Trinajstić information content (AvgIpc) is 2.30. The summed E-state index contributed by atoms with van der Waals surface area (Å²) in [7, 11) is 0. The molecule has 0 unspecified atom stereocenters. The molecule has 0 heterocycles. The number of amides is 1. The molecule has 0 saturated heterocycles. The summed E-state index contributed by atoms with van der Waals surface area (Å²) in [6.45, 7) is 4.12. The van der Waals surface area contributed by atoms with Crippen LogP contribution < -0.4 is 10.6 Å². The standard InChI is InChI=1S/C12H18N2O2/c1-2-8-13-9-10-16-12(15)14-11-6-4-3-5-7-11/h3-7,13H,2,8-10H2,1H3,(H,14,15). The van der Waals surface area contributed by atoms with Crippen molar-refractivity contribution in [2.45, 2.75) is 13.3 Å². The van der Waals surface area contributed by atoms with E-state index < -0.39 is 6.09 Å². The van der Waals surface area contributed by atoms with Gasteiger partial charge in [0.05, 0.1) is 0 Å². The van der Waals surface area contributed by atoms with E-state index in [0.717, 1.165) is 18.7 Å². The van der Waals surface area contributed by atoms with Gasteiger partial charge in [-0.25, -0.2) is 4.79 Å². The third-order valence-electron chi connectivity index (χ3n) is 1.96. The van der Waals surface area contributed by atoms with E-state index in [1.165, 1.54) is 0 Å². The molecule has 1 aromatic carbocycles. The van der Waals surface area contributed by atoms with Crippen LogP contribution in [0.25, 0.3) is 0 Å². The normalized spacial score (nSPS) is 9.81. The van der Waals surface area contributed by atoms with Crippen LogP contribution in [-0.2, 0) is 4.74 Å². The van der Waals surface area contributed by atoms with Gasteiger partial charge in [-0.2, -0.15) is 0 Å². The van der Waals surface area contributed by atoms with Crippen LogP contribution in [0.2, 0.25) is 0 Å². The van der Waals surface area contributed by atoms with Gasteiger partial charge < -0.3 is 10.1 Å². The molecule has 1 rings (SSSR count). The maximum atomic E-state index is 11.3. The lowest BCUT2D eigenvalue weighted by atomic mass is 10.3. The summed E-state index contributed by atoms with van der Waals surface area (Å²) < 4.78 is 4.98. The maximum absolute atomic E-state index is 11.3. The summed E-state index contributed by atoms with van der Waals surface area (Å²) in [5, 5.41) is 5.79. The molecule has 0 bridgehead atoms. The smallest absolute Gasteiger partial charge is 0.411 e. The van der Waals surface area contributed by atoms with Crippen LogP contribution in [0.15, 0.2) is 30.3 Å². The summed E-state index contributed by atoms with van der Waals surface area (Å²) in [6.07, 6.45) is 0.667. The molecule has 0 aliphatic carbocycles. The molecule has 4 heteroatoms. The van der Waals surface area contributed by atoms with Crippen molar-refractivity contribution < 1.29 is 9.53 Å². The van der Waals surface area contributed by atoms with Gasteiger partial charge in [0.1, 0.15) is 6.61 Å². The van der Waals surface area contributed by atoms with Gasteiger partial charge in [-0.05, 0) is 25.1 Å². The Kier molecular flexibility index (Phi) is 6.03. The number of ether oxygens (including phenoxy) is 1. The number of carbonyl (C=O) groups is 1. The first-order valence-corrected chi connectivity index (χ1v) is 5.52. The highest BCUT2D eigenvalue weighted by molar-refractivity contribution is 5.84. The van der Waals surface area contributed by atoms with Gasteiger partial charge in [0.15, 0.2) is 0 Å². The fraction of sp³-hybridized carbons (Fsp3) is 0.417. The van der Waals surface area contributed by atoms with Crippen molar-refractivity contribution in [2.24, 2.45) is 0 Å². The first-order valence-electron chi connectivity index (χ1n) is 5.52. The predicted octanol–water partition coefficient (Wildman–Crippen LogP) is 2.23. The lowest BCUT2D eigenvalue weighted by molar-refractivity contribution is 0.162. The molecule has 0 atom stereocenters. The van der Waals surface area contributed by atoms with Crippen molar-refractivity contribution in [1.82, 2.24) is 5.32 Å². The van der Waals surface area contributed by atoms with Gasteiger partial charge in [-0.1, -0.05) is 25.1 Å². The SMILES string of the molecule is CCCNCCOC(=O)Nc1ccccc1. The lowest BCUT2D eigenvalue weighted by Crippen LogP contribution is -2.23. The van der Waals surface area contributed by atoms with Crippen LogP contribution in [0, 0.1) is 0 Å². The molecule has 0 aromatic heterocycles. The Bertz CT molecular complexity index is 301. The van der Waals surface area contributed by atoms with Crippen molar-refractivity contribution in [1.29, 1.82) is 0 Å². The second-order valence-electron chi connectivity index (χ2n) is 3.38. The van der Waals surface area contributed by atoms with Crippen LogP contribution in [0.5, 0.6) is 0 Å². The number of carbonyl (C=O) groups excluding carboxylic acids is 1. The van der Waals surface area contributed by atoms with Crippen molar-refractivity contribution in [3.8, 4) is 0 Å². The molecule has 4 nitrogen and oxygen atoms in total. The third-order valence-corrected chi connectivity index (χ3v) is 1.96. The van der Waals surface area contributed by atoms with E-state index >= 15 is 0 Å². The Morgan fingerprint density at radius 3 is 2.69 bits per heavy atom. The fourth-order valence-electron chi connectivity index (χ4n) is 1.19. The van der Waals surface area contributed by atoms with Gasteiger partial charge in [0.25, 0.3) is 0 Å². The highest BCUT2D eigenvalue weighted by atomic mass is 16.5. The van der Waals surface area contributed by atoms with Crippen LogP contribution >= 0.6 is 0 Å². The Hall–Kier alpha value is -1.55. The van der Waals surface area contributed by atoms with Gasteiger partial charge in [0.2, 0.25) is 0 Å². The molecule has 0 aliphatic rings. The molecule has 2 N–H and O–H groups in total. The van der Waals surface area contributed by atoms with E-state index in [9.17, 15) is 4.79 Å². The zero-order valence-electron chi connectivity index (χ0n) is 9.53. The minimum Gasteiger partial charge on any atom is -0.448 e. The van der Waals surface area contributed by atoms with Gasteiger partial charge in [-0.3, -0.25) is 5.32 Å². The highest BCUT2D eigenvalue weighted by Crippen LogP contribution is 2.04.